The minimum absolute atomic E-state index is 0.117. The topological polar surface area (TPSA) is 57.8 Å². The maximum absolute atomic E-state index is 12.1. The third kappa shape index (κ3) is 2.74. The molecule has 0 saturated heterocycles. The van der Waals surface area contributed by atoms with E-state index in [1.807, 2.05) is 24.3 Å². The number of aromatic nitrogens is 2. The van der Waals surface area contributed by atoms with Gasteiger partial charge in [0.05, 0.1) is 10.9 Å². The number of aromatic amines is 1. The molecule has 0 bridgehead atoms. The summed E-state index contributed by atoms with van der Waals surface area (Å²) in [5.41, 5.74) is 1.87. The molecule has 4 aromatic rings. The highest BCUT2D eigenvalue weighted by molar-refractivity contribution is 5.85. The van der Waals surface area contributed by atoms with Crippen LogP contribution in [0.4, 0.5) is 5.95 Å². The summed E-state index contributed by atoms with van der Waals surface area (Å²) in [5, 5.41) is 6.34. The largest absolute Gasteiger partial charge is 0.355 e. The summed E-state index contributed by atoms with van der Waals surface area (Å²) in [4.78, 5) is 19.3. The van der Waals surface area contributed by atoms with Gasteiger partial charge < -0.3 is 5.32 Å². The Labute approximate surface area is 139 Å². The Kier molecular flexibility index (Phi) is 3.71. The fraction of sp³-hybridized carbons (Fsp3) is 0.100. The number of anilines is 1. The summed E-state index contributed by atoms with van der Waals surface area (Å²) in [6, 6.07) is 22.1. The van der Waals surface area contributed by atoms with Crippen LogP contribution in [-0.2, 0) is 6.42 Å². The molecule has 0 saturated carbocycles. The first kappa shape index (κ1) is 14.5. The zero-order valence-corrected chi connectivity index (χ0v) is 13.1. The van der Waals surface area contributed by atoms with Crippen LogP contribution in [-0.4, -0.2) is 16.5 Å². The molecule has 0 aliphatic rings. The van der Waals surface area contributed by atoms with Gasteiger partial charge in [-0.05, 0) is 34.9 Å². The van der Waals surface area contributed by atoms with Gasteiger partial charge in [0.2, 0.25) is 5.95 Å². The summed E-state index contributed by atoms with van der Waals surface area (Å²) < 4.78 is 0. The fourth-order valence-corrected chi connectivity index (χ4v) is 3.00. The van der Waals surface area contributed by atoms with Gasteiger partial charge in [0, 0.05) is 6.54 Å². The minimum Gasteiger partial charge on any atom is -0.355 e. The number of nitrogens with one attached hydrogen (secondary N) is 2. The first-order valence-corrected chi connectivity index (χ1v) is 8.01. The Morgan fingerprint density at radius 3 is 2.54 bits per heavy atom. The van der Waals surface area contributed by atoms with Crippen LogP contribution < -0.4 is 10.9 Å². The normalized spacial score (nSPS) is 11.0. The number of benzene rings is 3. The van der Waals surface area contributed by atoms with Gasteiger partial charge in [-0.15, -0.1) is 0 Å². The highest BCUT2D eigenvalue weighted by Gasteiger charge is 2.04. The molecule has 4 heteroatoms. The number of H-pyrrole nitrogens is 1. The molecule has 0 amide bonds. The average Bonchev–Trinajstić information content (AvgIpc) is 2.62. The molecule has 0 radical (unpaired) electrons. The molecule has 0 spiro atoms. The van der Waals surface area contributed by atoms with Crippen LogP contribution in [0.2, 0.25) is 0 Å². The number of hydrogen-bond acceptors (Lipinski definition) is 3. The zero-order valence-electron chi connectivity index (χ0n) is 13.1. The van der Waals surface area contributed by atoms with E-state index in [9.17, 15) is 4.79 Å². The summed E-state index contributed by atoms with van der Waals surface area (Å²) in [7, 11) is 0. The Hall–Kier alpha value is -3.14. The van der Waals surface area contributed by atoms with Crippen molar-refractivity contribution < 1.29 is 0 Å². The van der Waals surface area contributed by atoms with E-state index in [1.54, 1.807) is 6.07 Å². The van der Waals surface area contributed by atoms with Crippen LogP contribution in [0.1, 0.15) is 5.56 Å². The standard InChI is InChI=1S/C20H17N3O/c24-19-17-10-3-4-11-18(17)22-20(23-19)21-13-12-15-8-5-7-14-6-1-2-9-16(14)15/h1-11H,12-13H2,(H2,21,22,23,24). The van der Waals surface area contributed by atoms with Crippen molar-refractivity contribution in [3.05, 3.63) is 82.6 Å². The number of fused-ring (bicyclic) bond motifs is 2. The van der Waals surface area contributed by atoms with Gasteiger partial charge >= 0.3 is 0 Å². The number of rotatable bonds is 4. The number of hydrogen-bond donors (Lipinski definition) is 2. The van der Waals surface area contributed by atoms with Crippen molar-refractivity contribution in [1.29, 1.82) is 0 Å². The van der Waals surface area contributed by atoms with E-state index < -0.39 is 0 Å². The van der Waals surface area contributed by atoms with Crippen molar-refractivity contribution in [3.8, 4) is 0 Å². The molecule has 0 aliphatic heterocycles. The van der Waals surface area contributed by atoms with E-state index in [0.717, 1.165) is 6.42 Å². The molecule has 118 valence electrons. The third-order valence-electron chi connectivity index (χ3n) is 4.18. The molecule has 4 rings (SSSR count). The van der Waals surface area contributed by atoms with Crippen LogP contribution in [0.3, 0.4) is 0 Å². The highest BCUT2D eigenvalue weighted by atomic mass is 16.1. The van der Waals surface area contributed by atoms with Crippen molar-refractivity contribution in [1.82, 2.24) is 9.97 Å². The second-order valence-corrected chi connectivity index (χ2v) is 5.75. The first-order chi connectivity index (χ1) is 11.8. The molecular weight excluding hydrogens is 298 g/mol. The zero-order chi connectivity index (χ0) is 16.4. The van der Waals surface area contributed by atoms with Crippen molar-refractivity contribution >= 4 is 27.6 Å². The summed E-state index contributed by atoms with van der Waals surface area (Å²) in [6.45, 7) is 0.704. The molecule has 1 heterocycles. The maximum atomic E-state index is 12.1. The summed E-state index contributed by atoms with van der Waals surface area (Å²) >= 11 is 0. The van der Waals surface area contributed by atoms with Gasteiger partial charge in [-0.1, -0.05) is 54.6 Å². The van der Waals surface area contributed by atoms with Crippen LogP contribution >= 0.6 is 0 Å². The Bertz CT molecular complexity index is 1060. The van der Waals surface area contributed by atoms with E-state index in [4.69, 9.17) is 0 Å². The lowest BCUT2D eigenvalue weighted by atomic mass is 10.0. The Morgan fingerprint density at radius 2 is 1.62 bits per heavy atom. The SMILES string of the molecule is O=c1[nH]c(NCCc2cccc3ccccc23)nc2ccccc12. The van der Waals surface area contributed by atoms with E-state index in [1.165, 1.54) is 16.3 Å². The van der Waals surface area contributed by atoms with Gasteiger partial charge in [-0.2, -0.15) is 0 Å². The molecule has 2 N–H and O–H groups in total. The minimum atomic E-state index is -0.117. The van der Waals surface area contributed by atoms with E-state index in [-0.39, 0.29) is 5.56 Å². The Balaban J connectivity index is 1.54. The first-order valence-electron chi connectivity index (χ1n) is 8.01. The maximum Gasteiger partial charge on any atom is 0.260 e. The van der Waals surface area contributed by atoms with Gasteiger partial charge in [-0.25, -0.2) is 4.98 Å². The number of para-hydroxylation sites is 1. The molecule has 1 aromatic heterocycles. The molecule has 3 aromatic carbocycles. The molecule has 24 heavy (non-hydrogen) atoms. The number of nitrogens with zero attached hydrogens (tertiary/aromatic N) is 1. The van der Waals surface area contributed by atoms with E-state index in [2.05, 4.69) is 51.7 Å². The van der Waals surface area contributed by atoms with E-state index >= 15 is 0 Å². The van der Waals surface area contributed by atoms with Crippen LogP contribution in [0.25, 0.3) is 21.7 Å². The highest BCUT2D eigenvalue weighted by Crippen LogP contribution is 2.19. The lowest BCUT2D eigenvalue weighted by Crippen LogP contribution is -2.15. The Morgan fingerprint density at radius 1 is 0.875 bits per heavy atom. The van der Waals surface area contributed by atoms with Crippen molar-refractivity contribution in [2.45, 2.75) is 6.42 Å². The van der Waals surface area contributed by atoms with Crippen LogP contribution in [0.5, 0.6) is 0 Å². The third-order valence-corrected chi connectivity index (χ3v) is 4.18. The molecule has 0 fully saturated rings. The molecule has 0 aliphatic carbocycles. The van der Waals surface area contributed by atoms with Crippen molar-refractivity contribution in [3.63, 3.8) is 0 Å². The molecular formula is C20H17N3O. The monoisotopic (exact) mass is 315 g/mol. The second-order valence-electron chi connectivity index (χ2n) is 5.75. The van der Waals surface area contributed by atoms with Gasteiger partial charge in [0.25, 0.3) is 5.56 Å². The van der Waals surface area contributed by atoms with Gasteiger partial charge in [-0.3, -0.25) is 9.78 Å². The molecule has 0 atom stereocenters. The smallest absolute Gasteiger partial charge is 0.260 e. The average molecular weight is 315 g/mol. The molecule has 4 nitrogen and oxygen atoms in total. The summed E-state index contributed by atoms with van der Waals surface area (Å²) in [6.07, 6.45) is 0.859. The van der Waals surface area contributed by atoms with Crippen LogP contribution in [0, 0.1) is 0 Å². The fourth-order valence-electron chi connectivity index (χ4n) is 3.00. The predicted octanol–water partition coefficient (Wildman–Crippen LogP) is 3.73. The predicted molar refractivity (Wildman–Crippen MR) is 98.5 cm³/mol. The van der Waals surface area contributed by atoms with E-state index in [0.29, 0.717) is 23.4 Å². The molecule has 0 unspecified atom stereocenters. The lowest BCUT2D eigenvalue weighted by Gasteiger charge is -2.09. The van der Waals surface area contributed by atoms with Gasteiger partial charge in [0.1, 0.15) is 0 Å². The van der Waals surface area contributed by atoms with Crippen LogP contribution in [0.15, 0.2) is 71.5 Å². The van der Waals surface area contributed by atoms with Crippen molar-refractivity contribution in [2.24, 2.45) is 0 Å². The summed E-state index contributed by atoms with van der Waals surface area (Å²) in [5.74, 6) is 0.513. The van der Waals surface area contributed by atoms with Crippen molar-refractivity contribution in [2.75, 3.05) is 11.9 Å². The quantitative estimate of drug-likeness (QED) is 0.603. The second kappa shape index (κ2) is 6.16. The van der Waals surface area contributed by atoms with Gasteiger partial charge in [0.15, 0.2) is 0 Å². The lowest BCUT2D eigenvalue weighted by molar-refractivity contribution is 0.992.